The number of hydrogen-bond donors (Lipinski definition) is 0. The van der Waals surface area contributed by atoms with E-state index in [1.807, 2.05) is 31.2 Å². The van der Waals surface area contributed by atoms with Crippen LogP contribution in [0, 0.1) is 6.92 Å². The fourth-order valence-corrected chi connectivity index (χ4v) is 5.11. The molecule has 0 atom stereocenters. The minimum atomic E-state index is -0.262. The molecule has 26 heavy (non-hydrogen) atoms. The van der Waals surface area contributed by atoms with Crippen molar-refractivity contribution in [3.8, 4) is 0 Å². The van der Waals surface area contributed by atoms with Crippen molar-refractivity contribution < 1.29 is 9.59 Å². The zero-order valence-corrected chi connectivity index (χ0v) is 16.6. The van der Waals surface area contributed by atoms with Gasteiger partial charge in [0.1, 0.15) is 0 Å². The Morgan fingerprint density at radius 2 is 1.58 bits per heavy atom. The van der Waals surface area contributed by atoms with Gasteiger partial charge in [-0.15, -0.1) is 23.5 Å². The van der Waals surface area contributed by atoms with Crippen molar-refractivity contribution in [2.75, 3.05) is 11.5 Å². The molecule has 1 heterocycles. The first-order valence-electron chi connectivity index (χ1n) is 8.14. The van der Waals surface area contributed by atoms with E-state index in [9.17, 15) is 9.59 Å². The monoisotopic (exact) mass is 400 g/mol. The van der Waals surface area contributed by atoms with Crippen molar-refractivity contribution in [3.63, 3.8) is 0 Å². The third kappa shape index (κ3) is 4.70. The summed E-state index contributed by atoms with van der Waals surface area (Å²) < 4.78 is 0.821. The second-order valence-electron chi connectivity index (χ2n) is 5.80. The lowest BCUT2D eigenvalue weighted by Gasteiger charge is -2.07. The smallest absolute Gasteiger partial charge is 0.198 e. The van der Waals surface area contributed by atoms with Crippen LogP contribution in [0.25, 0.3) is 6.08 Å². The zero-order valence-electron chi connectivity index (χ0n) is 14.2. The van der Waals surface area contributed by atoms with Crippen molar-refractivity contribution in [1.29, 1.82) is 0 Å². The van der Waals surface area contributed by atoms with Gasteiger partial charge in [0, 0.05) is 22.1 Å². The Bertz CT molecular complexity index is 873. The van der Waals surface area contributed by atoms with E-state index in [4.69, 9.17) is 11.6 Å². The lowest BCUT2D eigenvalue weighted by atomic mass is 10.00. The molecule has 0 amide bonds. The number of halogens is 1. The molecule has 0 saturated carbocycles. The van der Waals surface area contributed by atoms with Gasteiger partial charge >= 0.3 is 0 Å². The molecule has 0 N–H and O–H groups in total. The highest BCUT2D eigenvalue weighted by Gasteiger charge is 2.25. The number of thioether (sulfide) groups is 2. The van der Waals surface area contributed by atoms with Crippen LogP contribution in [0.4, 0.5) is 0 Å². The molecule has 132 valence electrons. The Kier molecular flexibility index (Phi) is 6.41. The Hall–Kier alpha value is -1.75. The van der Waals surface area contributed by atoms with Gasteiger partial charge in [0.05, 0.1) is 9.81 Å². The maximum atomic E-state index is 13.0. The molecular formula is C21H17ClO2S2. The summed E-state index contributed by atoms with van der Waals surface area (Å²) in [5, 5.41) is 0.643. The van der Waals surface area contributed by atoms with Crippen LogP contribution in [0.5, 0.6) is 0 Å². The molecule has 1 fully saturated rings. The van der Waals surface area contributed by atoms with Crippen molar-refractivity contribution in [2.24, 2.45) is 0 Å². The number of ketones is 2. The number of hydrogen-bond acceptors (Lipinski definition) is 4. The number of rotatable bonds is 5. The molecule has 0 aliphatic carbocycles. The van der Waals surface area contributed by atoms with Crippen molar-refractivity contribution in [2.45, 2.75) is 6.92 Å². The van der Waals surface area contributed by atoms with E-state index in [1.165, 1.54) is 6.08 Å². The number of allylic oxidation sites excluding steroid dienone is 2. The first kappa shape index (κ1) is 19.0. The van der Waals surface area contributed by atoms with Gasteiger partial charge in [-0.1, -0.05) is 59.6 Å². The number of carbonyl (C=O) groups excluding carboxylic acids is 2. The van der Waals surface area contributed by atoms with E-state index in [0.29, 0.717) is 10.6 Å². The Morgan fingerprint density at radius 3 is 2.19 bits per heavy atom. The predicted molar refractivity (Wildman–Crippen MR) is 113 cm³/mol. The third-order valence-corrected chi connectivity index (χ3v) is 6.80. The molecule has 2 aromatic rings. The van der Waals surface area contributed by atoms with Crippen LogP contribution >= 0.6 is 35.1 Å². The van der Waals surface area contributed by atoms with Gasteiger partial charge in [0.2, 0.25) is 0 Å². The second kappa shape index (κ2) is 8.76. The van der Waals surface area contributed by atoms with Crippen LogP contribution in [0.15, 0.2) is 64.4 Å². The number of aryl methyl sites for hydroxylation is 1. The quantitative estimate of drug-likeness (QED) is 0.274. The second-order valence-corrected chi connectivity index (χ2v) is 8.71. The highest BCUT2D eigenvalue weighted by molar-refractivity contribution is 8.25. The first-order valence-corrected chi connectivity index (χ1v) is 10.5. The van der Waals surface area contributed by atoms with Crippen LogP contribution in [-0.4, -0.2) is 23.1 Å². The topological polar surface area (TPSA) is 34.1 Å². The Balaban J connectivity index is 1.90. The lowest BCUT2D eigenvalue weighted by Crippen LogP contribution is -2.12. The summed E-state index contributed by atoms with van der Waals surface area (Å²) in [5.41, 5.74) is 2.75. The normalized spacial score (nSPS) is 14.0. The molecule has 1 saturated heterocycles. The third-order valence-electron chi connectivity index (χ3n) is 3.84. The minimum Gasteiger partial charge on any atom is -0.289 e. The molecule has 2 nitrogen and oxygen atoms in total. The van der Waals surface area contributed by atoms with Gasteiger partial charge in [0.15, 0.2) is 11.6 Å². The average Bonchev–Trinajstić information content (AvgIpc) is 3.16. The van der Waals surface area contributed by atoms with Crippen LogP contribution in [0.2, 0.25) is 5.02 Å². The molecule has 0 spiro atoms. The van der Waals surface area contributed by atoms with Gasteiger partial charge in [0.25, 0.3) is 0 Å². The van der Waals surface area contributed by atoms with Crippen LogP contribution in [0.1, 0.15) is 21.5 Å². The molecule has 0 unspecified atom stereocenters. The van der Waals surface area contributed by atoms with Gasteiger partial charge in [-0.2, -0.15) is 0 Å². The molecule has 0 bridgehead atoms. The zero-order chi connectivity index (χ0) is 18.5. The van der Waals surface area contributed by atoms with Gasteiger partial charge < -0.3 is 0 Å². The maximum Gasteiger partial charge on any atom is 0.198 e. The molecule has 3 rings (SSSR count). The van der Waals surface area contributed by atoms with E-state index in [2.05, 4.69) is 0 Å². The fraction of sp³-hybridized carbons (Fsp3) is 0.143. The summed E-state index contributed by atoms with van der Waals surface area (Å²) in [6, 6.07) is 14.5. The SMILES string of the molecule is Cc1ccc(C(=O)C(C(=O)/C=C/c2ccc(Cl)cc2)=C2SCCS2)cc1. The van der Waals surface area contributed by atoms with E-state index in [1.54, 1.807) is 53.9 Å². The first-order chi connectivity index (χ1) is 12.5. The van der Waals surface area contributed by atoms with Crippen molar-refractivity contribution >= 4 is 52.8 Å². The summed E-state index contributed by atoms with van der Waals surface area (Å²) in [7, 11) is 0. The van der Waals surface area contributed by atoms with Crippen LogP contribution in [-0.2, 0) is 4.79 Å². The Morgan fingerprint density at radius 1 is 0.962 bits per heavy atom. The summed E-state index contributed by atoms with van der Waals surface area (Å²) >= 11 is 9.04. The molecule has 0 radical (unpaired) electrons. The molecule has 1 aliphatic heterocycles. The summed E-state index contributed by atoms with van der Waals surface area (Å²) in [6.45, 7) is 1.97. The van der Waals surface area contributed by atoms with E-state index >= 15 is 0 Å². The minimum absolute atomic E-state index is 0.215. The number of carbonyl (C=O) groups is 2. The lowest BCUT2D eigenvalue weighted by molar-refractivity contribution is -0.111. The van der Waals surface area contributed by atoms with Crippen molar-refractivity contribution in [3.05, 3.63) is 86.1 Å². The summed E-state index contributed by atoms with van der Waals surface area (Å²) in [4.78, 5) is 25.8. The largest absolute Gasteiger partial charge is 0.289 e. The fourth-order valence-electron chi connectivity index (χ4n) is 2.44. The number of Topliss-reactive ketones (excluding diaryl/α,β-unsaturated/α-hetero) is 1. The average molecular weight is 401 g/mol. The molecule has 2 aromatic carbocycles. The van der Waals surface area contributed by atoms with Gasteiger partial charge in [-0.25, -0.2) is 0 Å². The molecule has 1 aliphatic rings. The van der Waals surface area contributed by atoms with Gasteiger partial charge in [-0.05, 0) is 30.7 Å². The summed E-state index contributed by atoms with van der Waals surface area (Å²) in [5.74, 6) is 1.35. The predicted octanol–water partition coefficient (Wildman–Crippen LogP) is 5.81. The molecule has 5 heteroatoms. The van der Waals surface area contributed by atoms with Gasteiger partial charge in [-0.3, -0.25) is 9.59 Å². The standard InChI is InChI=1S/C21H17ClO2S2/c1-14-2-7-16(8-3-14)20(24)19(21-25-12-13-26-21)18(23)11-6-15-4-9-17(22)10-5-15/h2-11H,12-13H2,1H3/b11-6+. The maximum absolute atomic E-state index is 13.0. The highest BCUT2D eigenvalue weighted by Crippen LogP contribution is 2.40. The van der Waals surface area contributed by atoms with E-state index < -0.39 is 0 Å². The number of benzene rings is 2. The Labute approximate surface area is 166 Å². The molecule has 0 aromatic heterocycles. The molecular weight excluding hydrogens is 384 g/mol. The summed E-state index contributed by atoms with van der Waals surface area (Å²) in [6.07, 6.45) is 3.18. The van der Waals surface area contributed by atoms with E-state index in [-0.39, 0.29) is 17.1 Å². The van der Waals surface area contributed by atoms with Crippen LogP contribution in [0.3, 0.4) is 0 Å². The van der Waals surface area contributed by atoms with E-state index in [0.717, 1.165) is 26.9 Å². The van der Waals surface area contributed by atoms with Crippen molar-refractivity contribution in [1.82, 2.24) is 0 Å². The van der Waals surface area contributed by atoms with Crippen LogP contribution < -0.4 is 0 Å². The highest BCUT2D eigenvalue weighted by atomic mass is 35.5.